The first-order valence-corrected chi connectivity index (χ1v) is 7.32. The molecule has 2 amide bonds. The third-order valence-corrected chi connectivity index (χ3v) is 3.69. The average molecular weight is 342 g/mol. The van der Waals surface area contributed by atoms with Crippen molar-refractivity contribution in [2.24, 2.45) is 5.73 Å². The van der Waals surface area contributed by atoms with Crippen LogP contribution in [-0.4, -0.2) is 24.4 Å². The molecule has 0 saturated heterocycles. The van der Waals surface area contributed by atoms with Crippen LogP contribution in [0.4, 0.5) is 5.69 Å². The van der Waals surface area contributed by atoms with Crippen LogP contribution in [0.5, 0.6) is 0 Å². The number of carbonyl (C=O) groups is 2. The predicted molar refractivity (Wildman–Crippen MR) is 83.4 cm³/mol. The summed E-state index contributed by atoms with van der Waals surface area (Å²) >= 11 is 3.39. The molecule has 0 aromatic heterocycles. The Balaban J connectivity index is 2.44. The van der Waals surface area contributed by atoms with Crippen LogP contribution in [0.25, 0.3) is 0 Å². The maximum atomic E-state index is 11.7. The second-order valence-electron chi connectivity index (χ2n) is 4.63. The van der Waals surface area contributed by atoms with E-state index in [9.17, 15) is 9.59 Å². The highest BCUT2D eigenvalue weighted by Crippen LogP contribution is 2.19. The quantitative estimate of drug-likeness (QED) is 0.739. The van der Waals surface area contributed by atoms with Gasteiger partial charge >= 0.3 is 0 Å². The number of hydrogen-bond donors (Lipinski definition) is 3. The second kappa shape index (κ2) is 8.01. The lowest BCUT2D eigenvalue weighted by Crippen LogP contribution is -2.43. The van der Waals surface area contributed by atoms with E-state index >= 15 is 0 Å². The van der Waals surface area contributed by atoms with Crippen LogP contribution in [0.2, 0.25) is 0 Å². The SMILES string of the molecule is CCCC(N)C(=O)NCC(=O)Nc1ccc(Br)c(C)c1. The Bertz CT molecular complexity index is 491. The molecular weight excluding hydrogens is 322 g/mol. The Labute approximate surface area is 127 Å². The van der Waals surface area contributed by atoms with Gasteiger partial charge in [-0.2, -0.15) is 0 Å². The minimum Gasteiger partial charge on any atom is -0.346 e. The Morgan fingerprint density at radius 1 is 1.40 bits per heavy atom. The first-order valence-electron chi connectivity index (χ1n) is 6.53. The number of nitrogens with two attached hydrogens (primary N) is 1. The van der Waals surface area contributed by atoms with E-state index in [2.05, 4.69) is 26.6 Å². The Kier molecular flexibility index (Phi) is 6.67. The molecule has 1 unspecified atom stereocenters. The zero-order valence-electron chi connectivity index (χ0n) is 11.7. The summed E-state index contributed by atoms with van der Waals surface area (Å²) in [6.45, 7) is 3.81. The third-order valence-electron chi connectivity index (χ3n) is 2.80. The molecule has 5 nitrogen and oxygen atoms in total. The van der Waals surface area contributed by atoms with Crippen molar-refractivity contribution in [2.45, 2.75) is 32.7 Å². The number of benzene rings is 1. The van der Waals surface area contributed by atoms with E-state index in [1.165, 1.54) is 0 Å². The molecule has 1 atom stereocenters. The predicted octanol–water partition coefficient (Wildman–Crippen LogP) is 1.94. The van der Waals surface area contributed by atoms with E-state index < -0.39 is 6.04 Å². The van der Waals surface area contributed by atoms with Gasteiger partial charge in [0.05, 0.1) is 12.6 Å². The third kappa shape index (κ3) is 5.30. The molecule has 0 radical (unpaired) electrons. The average Bonchev–Trinajstić information content (AvgIpc) is 2.40. The van der Waals surface area contributed by atoms with Crippen molar-refractivity contribution in [3.8, 4) is 0 Å². The summed E-state index contributed by atoms with van der Waals surface area (Å²) < 4.78 is 0.981. The molecule has 110 valence electrons. The number of aryl methyl sites for hydroxylation is 1. The molecule has 20 heavy (non-hydrogen) atoms. The van der Waals surface area contributed by atoms with E-state index in [0.717, 1.165) is 16.5 Å². The summed E-state index contributed by atoms with van der Waals surface area (Å²) in [4.78, 5) is 23.3. The molecule has 0 aliphatic heterocycles. The van der Waals surface area contributed by atoms with Crippen molar-refractivity contribution >= 4 is 33.4 Å². The smallest absolute Gasteiger partial charge is 0.243 e. The zero-order chi connectivity index (χ0) is 15.1. The van der Waals surface area contributed by atoms with Crippen LogP contribution >= 0.6 is 15.9 Å². The molecule has 0 bridgehead atoms. The molecule has 1 aromatic rings. The van der Waals surface area contributed by atoms with Gasteiger partial charge in [-0.15, -0.1) is 0 Å². The van der Waals surface area contributed by atoms with Crippen LogP contribution < -0.4 is 16.4 Å². The Hall–Kier alpha value is -1.40. The van der Waals surface area contributed by atoms with E-state index in [1.54, 1.807) is 6.07 Å². The Morgan fingerprint density at radius 2 is 2.10 bits per heavy atom. The number of hydrogen-bond acceptors (Lipinski definition) is 3. The van der Waals surface area contributed by atoms with Gasteiger partial charge < -0.3 is 16.4 Å². The first kappa shape index (κ1) is 16.7. The molecule has 4 N–H and O–H groups in total. The molecule has 0 aliphatic rings. The van der Waals surface area contributed by atoms with Crippen LogP contribution in [0.3, 0.4) is 0 Å². The number of nitrogens with one attached hydrogen (secondary N) is 2. The van der Waals surface area contributed by atoms with Gasteiger partial charge in [-0.05, 0) is 37.1 Å². The Morgan fingerprint density at radius 3 is 2.70 bits per heavy atom. The van der Waals surface area contributed by atoms with Crippen molar-refractivity contribution in [1.82, 2.24) is 5.32 Å². The maximum absolute atomic E-state index is 11.7. The number of carbonyl (C=O) groups excluding carboxylic acids is 2. The van der Waals surface area contributed by atoms with Gasteiger partial charge in [0.2, 0.25) is 11.8 Å². The minimum atomic E-state index is -0.553. The minimum absolute atomic E-state index is 0.0780. The summed E-state index contributed by atoms with van der Waals surface area (Å²) in [6, 6.07) is 4.95. The molecule has 0 saturated carbocycles. The molecule has 1 aromatic carbocycles. The number of rotatable bonds is 6. The summed E-state index contributed by atoms with van der Waals surface area (Å²) in [5, 5.41) is 5.25. The van der Waals surface area contributed by atoms with E-state index in [4.69, 9.17) is 5.73 Å². The zero-order valence-corrected chi connectivity index (χ0v) is 13.3. The van der Waals surface area contributed by atoms with Crippen molar-refractivity contribution in [1.29, 1.82) is 0 Å². The van der Waals surface area contributed by atoms with Gasteiger partial charge in [0.25, 0.3) is 0 Å². The van der Waals surface area contributed by atoms with Crippen LogP contribution in [0.1, 0.15) is 25.3 Å². The van der Waals surface area contributed by atoms with E-state index in [0.29, 0.717) is 12.1 Å². The van der Waals surface area contributed by atoms with Crippen molar-refractivity contribution in [3.63, 3.8) is 0 Å². The molecule has 6 heteroatoms. The van der Waals surface area contributed by atoms with Gasteiger partial charge in [-0.3, -0.25) is 9.59 Å². The highest BCUT2D eigenvalue weighted by atomic mass is 79.9. The van der Waals surface area contributed by atoms with Gasteiger partial charge in [-0.25, -0.2) is 0 Å². The topological polar surface area (TPSA) is 84.2 Å². The van der Waals surface area contributed by atoms with Gasteiger partial charge in [0.1, 0.15) is 0 Å². The van der Waals surface area contributed by atoms with Crippen molar-refractivity contribution in [3.05, 3.63) is 28.2 Å². The maximum Gasteiger partial charge on any atom is 0.243 e. The van der Waals surface area contributed by atoms with Gasteiger partial charge in [0.15, 0.2) is 0 Å². The molecule has 0 fully saturated rings. The summed E-state index contributed by atoms with van der Waals surface area (Å²) in [6.07, 6.45) is 1.44. The summed E-state index contributed by atoms with van der Waals surface area (Å²) in [5.41, 5.74) is 7.38. The molecule has 0 heterocycles. The largest absolute Gasteiger partial charge is 0.346 e. The molecule has 0 aliphatic carbocycles. The highest BCUT2D eigenvalue weighted by molar-refractivity contribution is 9.10. The van der Waals surface area contributed by atoms with Gasteiger partial charge in [-0.1, -0.05) is 29.3 Å². The molecular formula is C14H20BrN3O2. The monoisotopic (exact) mass is 341 g/mol. The van der Waals surface area contributed by atoms with Crippen molar-refractivity contribution in [2.75, 3.05) is 11.9 Å². The summed E-state index contributed by atoms with van der Waals surface area (Å²) in [5.74, 6) is -0.572. The van der Waals surface area contributed by atoms with E-state index in [1.807, 2.05) is 26.0 Å². The lowest BCUT2D eigenvalue weighted by Gasteiger charge is -2.11. The molecule has 0 spiro atoms. The molecule has 1 rings (SSSR count). The van der Waals surface area contributed by atoms with Crippen LogP contribution in [0.15, 0.2) is 22.7 Å². The lowest BCUT2D eigenvalue weighted by molar-refractivity contribution is -0.125. The van der Waals surface area contributed by atoms with Crippen LogP contribution in [-0.2, 0) is 9.59 Å². The number of anilines is 1. The fourth-order valence-electron chi connectivity index (χ4n) is 1.67. The van der Waals surface area contributed by atoms with Crippen LogP contribution in [0, 0.1) is 6.92 Å². The number of halogens is 1. The fraction of sp³-hybridized carbons (Fsp3) is 0.429. The van der Waals surface area contributed by atoms with Crippen molar-refractivity contribution < 1.29 is 9.59 Å². The number of amides is 2. The second-order valence-corrected chi connectivity index (χ2v) is 5.48. The normalized spacial score (nSPS) is 11.8. The fourth-order valence-corrected chi connectivity index (χ4v) is 1.91. The summed E-state index contributed by atoms with van der Waals surface area (Å²) in [7, 11) is 0. The first-order chi connectivity index (χ1) is 9.43. The highest BCUT2D eigenvalue weighted by Gasteiger charge is 2.13. The van der Waals surface area contributed by atoms with Gasteiger partial charge in [0, 0.05) is 10.2 Å². The van der Waals surface area contributed by atoms with E-state index in [-0.39, 0.29) is 18.4 Å². The lowest BCUT2D eigenvalue weighted by atomic mass is 10.2. The standard InChI is InChI=1S/C14H20BrN3O2/c1-3-4-12(16)14(20)17-8-13(19)18-10-5-6-11(15)9(2)7-10/h5-7,12H,3-4,8,16H2,1-2H3,(H,17,20)(H,18,19).